The van der Waals surface area contributed by atoms with E-state index in [1.807, 2.05) is 17.7 Å². The van der Waals surface area contributed by atoms with Gasteiger partial charge in [0.1, 0.15) is 5.69 Å². The lowest BCUT2D eigenvalue weighted by atomic mass is 10.2. The first-order chi connectivity index (χ1) is 8.22. The smallest absolute Gasteiger partial charge is 0.203 e. The van der Waals surface area contributed by atoms with Crippen molar-refractivity contribution in [2.45, 2.75) is 13.5 Å². The summed E-state index contributed by atoms with van der Waals surface area (Å²) in [6.45, 7) is 2.79. The van der Waals surface area contributed by atoms with Crippen LogP contribution in [0, 0.1) is 0 Å². The van der Waals surface area contributed by atoms with E-state index in [4.69, 9.17) is 0 Å². The van der Waals surface area contributed by atoms with E-state index >= 15 is 0 Å². The molecule has 0 radical (unpaired) electrons. The Kier molecular flexibility index (Phi) is 3.18. The van der Waals surface area contributed by atoms with Gasteiger partial charge in [-0.1, -0.05) is 0 Å². The van der Waals surface area contributed by atoms with Gasteiger partial charge in [0.25, 0.3) is 0 Å². The molecule has 0 unspecified atom stereocenters. The lowest BCUT2D eigenvalue weighted by Gasteiger charge is -1.99. The Morgan fingerprint density at radius 1 is 1.35 bits per heavy atom. The second-order valence-corrected chi connectivity index (χ2v) is 3.61. The summed E-state index contributed by atoms with van der Waals surface area (Å²) in [5, 5.41) is 8.09. The van der Waals surface area contributed by atoms with Crippen LogP contribution in [0.25, 0.3) is 6.08 Å². The molecule has 2 aromatic rings. The van der Waals surface area contributed by atoms with E-state index in [0.29, 0.717) is 5.69 Å². The molecule has 0 atom stereocenters. The number of nitrogens with zero attached hydrogens (tertiary/aromatic N) is 4. The average Bonchev–Trinajstić information content (AvgIpc) is 2.94. The summed E-state index contributed by atoms with van der Waals surface area (Å²) in [6.07, 6.45) is 6.64. The van der Waals surface area contributed by atoms with Gasteiger partial charge in [-0.25, -0.2) is 0 Å². The molecule has 17 heavy (non-hydrogen) atoms. The Balaban J connectivity index is 2.17. The topological polar surface area (TPSA) is 52.7 Å². The van der Waals surface area contributed by atoms with Crippen molar-refractivity contribution < 1.29 is 4.79 Å². The van der Waals surface area contributed by atoms with Crippen LogP contribution in [0.4, 0.5) is 0 Å². The molecule has 2 aromatic heterocycles. The van der Waals surface area contributed by atoms with Crippen LogP contribution < -0.4 is 0 Å². The van der Waals surface area contributed by atoms with Crippen LogP contribution >= 0.6 is 0 Å². The molecule has 0 amide bonds. The van der Waals surface area contributed by atoms with Crippen molar-refractivity contribution in [1.29, 1.82) is 0 Å². The van der Waals surface area contributed by atoms with Gasteiger partial charge in [-0.2, -0.15) is 10.2 Å². The first-order valence-electron chi connectivity index (χ1n) is 5.44. The molecule has 0 N–H and O–H groups in total. The first-order valence-corrected chi connectivity index (χ1v) is 5.44. The fraction of sp³-hybridized carbons (Fsp3) is 0.250. The van der Waals surface area contributed by atoms with Crippen molar-refractivity contribution >= 4 is 11.9 Å². The largest absolute Gasteiger partial charge is 0.288 e. The van der Waals surface area contributed by atoms with E-state index < -0.39 is 0 Å². The lowest BCUT2D eigenvalue weighted by molar-refractivity contribution is 0.103. The Hall–Kier alpha value is -2.17. The van der Waals surface area contributed by atoms with Gasteiger partial charge in [-0.3, -0.25) is 14.2 Å². The number of allylic oxidation sites excluding steroid dienone is 1. The van der Waals surface area contributed by atoms with Crippen LogP contribution in [0.15, 0.2) is 30.6 Å². The molecule has 0 aliphatic rings. The molecule has 5 heteroatoms. The van der Waals surface area contributed by atoms with Crippen molar-refractivity contribution in [3.8, 4) is 0 Å². The van der Waals surface area contributed by atoms with Gasteiger partial charge < -0.3 is 0 Å². The predicted octanol–water partition coefficient (Wildman–Crippen LogP) is 1.53. The normalized spacial score (nSPS) is 11.2. The number of ketones is 1. The van der Waals surface area contributed by atoms with E-state index in [1.165, 1.54) is 0 Å². The minimum absolute atomic E-state index is 0.0612. The quantitative estimate of drug-likeness (QED) is 0.591. The second kappa shape index (κ2) is 4.78. The second-order valence-electron chi connectivity index (χ2n) is 3.61. The van der Waals surface area contributed by atoms with Gasteiger partial charge in [0, 0.05) is 26.0 Å². The monoisotopic (exact) mass is 230 g/mol. The minimum Gasteiger partial charge on any atom is -0.288 e. The molecule has 2 heterocycles. The zero-order chi connectivity index (χ0) is 12.3. The van der Waals surface area contributed by atoms with Crippen LogP contribution in [0.3, 0.4) is 0 Å². The van der Waals surface area contributed by atoms with Crippen molar-refractivity contribution in [2.75, 3.05) is 0 Å². The molecular formula is C12H14N4O. The molecule has 5 nitrogen and oxygen atoms in total. The maximum Gasteiger partial charge on any atom is 0.203 e. The first kappa shape index (κ1) is 11.3. The summed E-state index contributed by atoms with van der Waals surface area (Å²) < 4.78 is 3.39. The summed E-state index contributed by atoms with van der Waals surface area (Å²) in [5.74, 6) is -0.0612. The van der Waals surface area contributed by atoms with Gasteiger partial charge in [0.15, 0.2) is 0 Å². The van der Waals surface area contributed by atoms with Gasteiger partial charge in [-0.05, 0) is 31.2 Å². The Labute approximate surface area is 99.4 Å². The third-order valence-electron chi connectivity index (χ3n) is 2.53. The molecule has 0 aliphatic carbocycles. The van der Waals surface area contributed by atoms with Gasteiger partial charge in [-0.15, -0.1) is 0 Å². The highest BCUT2D eigenvalue weighted by atomic mass is 16.1. The van der Waals surface area contributed by atoms with E-state index in [-0.39, 0.29) is 5.78 Å². The lowest BCUT2D eigenvalue weighted by Crippen LogP contribution is -2.04. The van der Waals surface area contributed by atoms with Crippen LogP contribution in [-0.2, 0) is 13.6 Å². The zero-order valence-corrected chi connectivity index (χ0v) is 9.87. The predicted molar refractivity (Wildman–Crippen MR) is 64.5 cm³/mol. The van der Waals surface area contributed by atoms with Crippen LogP contribution in [0.2, 0.25) is 0 Å². The summed E-state index contributed by atoms with van der Waals surface area (Å²) in [7, 11) is 1.75. The minimum atomic E-state index is -0.0612. The van der Waals surface area contributed by atoms with Crippen LogP contribution in [0.1, 0.15) is 23.1 Å². The Morgan fingerprint density at radius 2 is 2.12 bits per heavy atom. The molecule has 88 valence electrons. The molecule has 0 aromatic carbocycles. The number of rotatable bonds is 4. The number of carbonyl (C=O) groups is 1. The third kappa shape index (κ3) is 2.33. The summed E-state index contributed by atoms with van der Waals surface area (Å²) in [6, 6.07) is 3.57. The van der Waals surface area contributed by atoms with Crippen LogP contribution in [-0.4, -0.2) is 25.3 Å². The number of hydrogen-bond donors (Lipinski definition) is 0. The van der Waals surface area contributed by atoms with E-state index in [0.717, 1.165) is 12.2 Å². The Morgan fingerprint density at radius 3 is 2.76 bits per heavy atom. The van der Waals surface area contributed by atoms with Gasteiger partial charge in [0.2, 0.25) is 5.78 Å². The number of aromatic nitrogens is 4. The SMILES string of the molecule is CCn1nccc1/C=C/C(=O)c1ccnn1C. The van der Waals surface area contributed by atoms with Gasteiger partial charge >= 0.3 is 0 Å². The van der Waals surface area contributed by atoms with Crippen molar-refractivity contribution in [3.05, 3.63) is 42.0 Å². The summed E-state index contributed by atoms with van der Waals surface area (Å²) >= 11 is 0. The molecule has 0 bridgehead atoms. The van der Waals surface area contributed by atoms with Crippen LogP contribution in [0.5, 0.6) is 0 Å². The number of hydrogen-bond acceptors (Lipinski definition) is 3. The molecule has 2 rings (SSSR count). The third-order valence-corrected chi connectivity index (χ3v) is 2.53. The highest BCUT2D eigenvalue weighted by molar-refractivity contribution is 6.05. The molecule has 0 aliphatic heterocycles. The van der Waals surface area contributed by atoms with E-state index in [9.17, 15) is 4.79 Å². The molecule has 0 saturated carbocycles. The van der Waals surface area contributed by atoms with Gasteiger partial charge in [0.05, 0.1) is 5.69 Å². The summed E-state index contributed by atoms with van der Waals surface area (Å²) in [5.41, 5.74) is 1.49. The van der Waals surface area contributed by atoms with Crippen molar-refractivity contribution in [1.82, 2.24) is 19.6 Å². The molecular weight excluding hydrogens is 216 g/mol. The zero-order valence-electron chi connectivity index (χ0n) is 9.87. The highest BCUT2D eigenvalue weighted by Gasteiger charge is 2.06. The fourth-order valence-corrected chi connectivity index (χ4v) is 1.61. The Bertz CT molecular complexity index is 550. The molecule has 0 fully saturated rings. The summed E-state index contributed by atoms with van der Waals surface area (Å²) in [4.78, 5) is 11.8. The maximum atomic E-state index is 11.8. The molecule has 0 saturated heterocycles. The highest BCUT2D eigenvalue weighted by Crippen LogP contribution is 2.04. The molecule has 0 spiro atoms. The van der Waals surface area contributed by atoms with Crippen molar-refractivity contribution in [2.24, 2.45) is 7.05 Å². The number of aryl methyl sites for hydroxylation is 2. The van der Waals surface area contributed by atoms with E-state index in [2.05, 4.69) is 10.2 Å². The fourth-order valence-electron chi connectivity index (χ4n) is 1.61. The standard InChI is InChI=1S/C12H14N4O/c1-3-16-10(6-8-14-16)4-5-12(17)11-7-9-13-15(11)2/h4-9H,3H2,1-2H3/b5-4+. The number of carbonyl (C=O) groups excluding carboxylic acids is 1. The van der Waals surface area contributed by atoms with Crippen molar-refractivity contribution in [3.63, 3.8) is 0 Å². The van der Waals surface area contributed by atoms with E-state index in [1.54, 1.807) is 42.3 Å². The maximum absolute atomic E-state index is 11.8. The average molecular weight is 230 g/mol.